The topological polar surface area (TPSA) is 61.8 Å². The highest BCUT2D eigenvalue weighted by Gasteiger charge is 2.27. The number of methoxy groups -OCH3 is 1. The van der Waals surface area contributed by atoms with Gasteiger partial charge in [0, 0.05) is 19.1 Å². The summed E-state index contributed by atoms with van der Waals surface area (Å²) in [4.78, 5) is 14.5. The van der Waals surface area contributed by atoms with Crippen LogP contribution >= 0.6 is 0 Å². The molecule has 1 aromatic carbocycles. The summed E-state index contributed by atoms with van der Waals surface area (Å²) in [6.07, 6.45) is 2.19. The molecule has 140 valence electrons. The molecule has 1 aliphatic rings. The van der Waals surface area contributed by atoms with Crippen molar-refractivity contribution in [2.45, 2.75) is 52.2 Å². The van der Waals surface area contributed by atoms with Crippen molar-refractivity contribution in [2.24, 2.45) is 11.8 Å². The number of nitrogens with zero attached hydrogens (tertiary/aromatic N) is 1. The van der Waals surface area contributed by atoms with E-state index in [-0.39, 0.29) is 18.2 Å². The van der Waals surface area contributed by atoms with E-state index in [1.165, 1.54) is 0 Å². The Balaban J connectivity index is 1.96. The first-order valence-corrected chi connectivity index (χ1v) is 9.27. The molecule has 25 heavy (non-hydrogen) atoms. The number of aliphatic hydroxyl groups excluding tert-OH is 1. The predicted molar refractivity (Wildman–Crippen MR) is 99.8 cm³/mol. The minimum absolute atomic E-state index is 0.00218. The summed E-state index contributed by atoms with van der Waals surface area (Å²) in [6, 6.07) is 8.01. The van der Waals surface area contributed by atoms with Crippen molar-refractivity contribution in [1.29, 1.82) is 0 Å². The van der Waals surface area contributed by atoms with Gasteiger partial charge in [0.1, 0.15) is 5.75 Å². The summed E-state index contributed by atoms with van der Waals surface area (Å²) in [5.41, 5.74) is 1.11. The molecular formula is C20H32N2O3. The van der Waals surface area contributed by atoms with Gasteiger partial charge in [-0.2, -0.15) is 0 Å². The maximum absolute atomic E-state index is 12.7. The van der Waals surface area contributed by atoms with Crippen LogP contribution in [0, 0.1) is 11.8 Å². The Morgan fingerprint density at radius 3 is 2.48 bits per heavy atom. The molecule has 2 atom stereocenters. The number of piperidine rings is 1. The van der Waals surface area contributed by atoms with Gasteiger partial charge < -0.3 is 20.1 Å². The molecule has 2 rings (SSSR count). The number of nitrogens with one attached hydrogen (secondary N) is 1. The van der Waals surface area contributed by atoms with E-state index in [0.29, 0.717) is 24.9 Å². The molecule has 0 spiro atoms. The van der Waals surface area contributed by atoms with Crippen molar-refractivity contribution >= 4 is 6.03 Å². The smallest absolute Gasteiger partial charge is 0.317 e. The van der Waals surface area contributed by atoms with Gasteiger partial charge in [0.25, 0.3) is 0 Å². The van der Waals surface area contributed by atoms with Crippen LogP contribution in [0.3, 0.4) is 0 Å². The highest BCUT2D eigenvalue weighted by molar-refractivity contribution is 5.74. The molecule has 0 radical (unpaired) electrons. The number of benzene rings is 1. The van der Waals surface area contributed by atoms with Crippen LogP contribution in [0.4, 0.5) is 4.79 Å². The van der Waals surface area contributed by atoms with Crippen molar-refractivity contribution in [2.75, 3.05) is 20.2 Å². The van der Waals surface area contributed by atoms with Crippen LogP contribution in [0.5, 0.6) is 5.75 Å². The molecule has 0 aliphatic carbocycles. The molecule has 2 N–H and O–H groups in total. The second-order valence-corrected chi connectivity index (χ2v) is 7.38. The van der Waals surface area contributed by atoms with Crippen molar-refractivity contribution < 1.29 is 14.6 Å². The van der Waals surface area contributed by atoms with Gasteiger partial charge >= 0.3 is 6.03 Å². The fourth-order valence-corrected chi connectivity index (χ4v) is 3.40. The van der Waals surface area contributed by atoms with Crippen molar-refractivity contribution in [3.63, 3.8) is 0 Å². The summed E-state index contributed by atoms with van der Waals surface area (Å²) < 4.78 is 5.43. The van der Waals surface area contributed by atoms with Crippen LogP contribution < -0.4 is 10.1 Å². The fourth-order valence-electron chi connectivity index (χ4n) is 3.40. The second-order valence-electron chi connectivity index (χ2n) is 7.38. The predicted octanol–water partition coefficient (Wildman–Crippen LogP) is 3.06. The first kappa shape index (κ1) is 19.6. The van der Waals surface area contributed by atoms with Gasteiger partial charge in [-0.25, -0.2) is 4.79 Å². The molecule has 1 heterocycles. The van der Waals surface area contributed by atoms with Crippen LogP contribution in [0.2, 0.25) is 0 Å². The molecule has 1 fully saturated rings. The van der Waals surface area contributed by atoms with Crippen LogP contribution in [0.15, 0.2) is 24.3 Å². The van der Waals surface area contributed by atoms with E-state index in [4.69, 9.17) is 4.74 Å². The second kappa shape index (κ2) is 9.09. The molecule has 2 amide bonds. The zero-order valence-corrected chi connectivity index (χ0v) is 15.9. The lowest BCUT2D eigenvalue weighted by molar-refractivity contribution is 0.0789. The maximum Gasteiger partial charge on any atom is 0.317 e. The van der Waals surface area contributed by atoms with E-state index >= 15 is 0 Å². The average Bonchev–Trinajstić information content (AvgIpc) is 2.61. The number of hydrogen-bond acceptors (Lipinski definition) is 3. The Labute approximate surface area is 151 Å². The van der Waals surface area contributed by atoms with E-state index < -0.39 is 0 Å². The summed E-state index contributed by atoms with van der Waals surface area (Å²) in [6.45, 7) is 7.50. The monoisotopic (exact) mass is 348 g/mol. The largest absolute Gasteiger partial charge is 0.496 e. The lowest BCUT2D eigenvalue weighted by Crippen LogP contribution is -2.50. The van der Waals surface area contributed by atoms with E-state index in [0.717, 1.165) is 30.6 Å². The Kier molecular flexibility index (Phi) is 7.12. The lowest BCUT2D eigenvalue weighted by Gasteiger charge is -2.35. The van der Waals surface area contributed by atoms with Gasteiger partial charge in [-0.15, -0.1) is 0 Å². The van der Waals surface area contributed by atoms with Gasteiger partial charge in [0.2, 0.25) is 0 Å². The number of likely N-dealkylation sites (tertiary alicyclic amines) is 1. The Bertz CT molecular complexity index is 552. The number of rotatable bonds is 6. The van der Waals surface area contributed by atoms with Gasteiger partial charge in [0.15, 0.2) is 0 Å². The SMILES string of the molecule is COc1ccccc1CC(NC(=O)N1CCC(C(C)O)CC1)C(C)C. The number of carbonyl (C=O) groups is 1. The van der Waals surface area contributed by atoms with Crippen molar-refractivity contribution in [3.05, 3.63) is 29.8 Å². The summed E-state index contributed by atoms with van der Waals surface area (Å²) in [5, 5.41) is 12.9. The van der Waals surface area contributed by atoms with Crippen LogP contribution in [0.25, 0.3) is 0 Å². The number of amides is 2. The van der Waals surface area contributed by atoms with Crippen molar-refractivity contribution in [1.82, 2.24) is 10.2 Å². The zero-order chi connectivity index (χ0) is 18.4. The molecule has 0 bridgehead atoms. The molecule has 2 unspecified atom stereocenters. The first-order valence-electron chi connectivity index (χ1n) is 9.27. The summed E-state index contributed by atoms with van der Waals surface area (Å²) in [5.74, 6) is 1.49. The maximum atomic E-state index is 12.7. The number of carbonyl (C=O) groups excluding carboxylic acids is 1. The van der Waals surface area contributed by atoms with Crippen molar-refractivity contribution in [3.8, 4) is 5.75 Å². The Morgan fingerprint density at radius 2 is 1.92 bits per heavy atom. The highest BCUT2D eigenvalue weighted by Crippen LogP contribution is 2.23. The molecule has 1 aromatic rings. The molecule has 0 saturated carbocycles. The normalized spacial score (nSPS) is 18.1. The Morgan fingerprint density at radius 1 is 1.28 bits per heavy atom. The molecule has 5 nitrogen and oxygen atoms in total. The fraction of sp³-hybridized carbons (Fsp3) is 0.650. The zero-order valence-electron chi connectivity index (χ0n) is 15.9. The molecule has 1 saturated heterocycles. The number of ether oxygens (including phenoxy) is 1. The van der Waals surface area contributed by atoms with Crippen LogP contribution in [0.1, 0.15) is 39.2 Å². The minimum Gasteiger partial charge on any atom is -0.496 e. The lowest BCUT2D eigenvalue weighted by atomic mass is 9.92. The molecular weight excluding hydrogens is 316 g/mol. The first-order chi connectivity index (χ1) is 11.9. The quantitative estimate of drug-likeness (QED) is 0.830. The van der Waals surface area contributed by atoms with E-state index in [1.807, 2.05) is 30.0 Å². The summed E-state index contributed by atoms with van der Waals surface area (Å²) >= 11 is 0. The van der Waals surface area contributed by atoms with E-state index in [2.05, 4.69) is 25.2 Å². The number of para-hydroxylation sites is 1. The number of aliphatic hydroxyl groups is 1. The third-order valence-corrected chi connectivity index (χ3v) is 5.26. The van der Waals surface area contributed by atoms with Gasteiger partial charge in [-0.1, -0.05) is 32.0 Å². The van der Waals surface area contributed by atoms with Gasteiger partial charge in [0.05, 0.1) is 13.2 Å². The molecule has 5 heteroatoms. The highest BCUT2D eigenvalue weighted by atomic mass is 16.5. The number of urea groups is 1. The molecule has 1 aliphatic heterocycles. The Hall–Kier alpha value is -1.75. The number of hydrogen-bond donors (Lipinski definition) is 2. The third-order valence-electron chi connectivity index (χ3n) is 5.26. The van der Waals surface area contributed by atoms with Gasteiger partial charge in [-0.3, -0.25) is 0 Å². The summed E-state index contributed by atoms with van der Waals surface area (Å²) in [7, 11) is 1.67. The van der Waals surface area contributed by atoms with Gasteiger partial charge in [-0.05, 0) is 49.7 Å². The van der Waals surface area contributed by atoms with E-state index in [9.17, 15) is 9.90 Å². The minimum atomic E-state index is -0.292. The van der Waals surface area contributed by atoms with Crippen LogP contribution in [-0.4, -0.2) is 48.4 Å². The molecule has 0 aromatic heterocycles. The standard InChI is InChI=1S/C20H32N2O3/c1-14(2)18(13-17-7-5-6-8-19(17)25-4)21-20(24)22-11-9-16(10-12-22)15(3)23/h5-8,14-16,18,23H,9-13H2,1-4H3,(H,21,24). The third kappa shape index (κ3) is 5.36. The average molecular weight is 348 g/mol. The van der Waals surface area contributed by atoms with E-state index in [1.54, 1.807) is 7.11 Å². The van der Waals surface area contributed by atoms with Crippen LogP contribution in [-0.2, 0) is 6.42 Å².